The van der Waals surface area contributed by atoms with Gasteiger partial charge in [-0.2, -0.15) is 5.26 Å². The normalized spacial score (nSPS) is 9.77. The zero-order valence-electron chi connectivity index (χ0n) is 12.4. The Labute approximate surface area is 130 Å². The highest BCUT2D eigenvalue weighted by molar-refractivity contribution is 5.81. The van der Waals surface area contributed by atoms with Crippen molar-refractivity contribution in [3.63, 3.8) is 0 Å². The topological polar surface area (TPSA) is 64.9 Å². The van der Waals surface area contributed by atoms with Gasteiger partial charge in [0.25, 0.3) is 0 Å². The van der Waals surface area contributed by atoms with Crippen LogP contribution in [0.5, 0.6) is 0 Å². The van der Waals surface area contributed by atoms with E-state index in [4.69, 9.17) is 5.26 Å². The molecule has 0 spiro atoms. The van der Waals surface area contributed by atoms with E-state index in [1.54, 1.807) is 0 Å². The van der Waals surface area contributed by atoms with Gasteiger partial charge in [-0.15, -0.1) is 0 Å². The van der Waals surface area contributed by atoms with Crippen LogP contribution in [-0.2, 0) is 11.2 Å². The minimum atomic E-state index is -0.107. The van der Waals surface area contributed by atoms with E-state index in [2.05, 4.69) is 28.8 Å². The standard InChI is InChI=1S/C18H19N3O/c19-11-6-12-20-18(22)14-21-17-10-5-4-9-16(17)13-15-7-2-1-3-8-15/h1-5,7-10,21H,6,12-14H2,(H,20,22). The van der Waals surface area contributed by atoms with E-state index in [0.29, 0.717) is 13.0 Å². The molecule has 2 N–H and O–H groups in total. The molecule has 0 aliphatic heterocycles. The number of nitrogens with zero attached hydrogens (tertiary/aromatic N) is 1. The van der Waals surface area contributed by atoms with Crippen LogP contribution in [-0.4, -0.2) is 19.0 Å². The first kappa shape index (κ1) is 15.6. The third kappa shape index (κ3) is 4.95. The molecule has 0 saturated heterocycles. The van der Waals surface area contributed by atoms with E-state index in [1.807, 2.05) is 42.5 Å². The molecule has 4 heteroatoms. The molecule has 0 radical (unpaired) electrons. The number of para-hydroxylation sites is 1. The number of carbonyl (C=O) groups excluding carboxylic acids is 1. The quantitative estimate of drug-likeness (QED) is 0.771. The lowest BCUT2D eigenvalue weighted by Crippen LogP contribution is -2.30. The van der Waals surface area contributed by atoms with Gasteiger partial charge < -0.3 is 10.6 Å². The van der Waals surface area contributed by atoms with E-state index in [-0.39, 0.29) is 12.5 Å². The van der Waals surface area contributed by atoms with Gasteiger partial charge in [0, 0.05) is 12.2 Å². The molecule has 2 aromatic rings. The number of amides is 1. The largest absolute Gasteiger partial charge is 0.376 e. The van der Waals surface area contributed by atoms with Gasteiger partial charge in [-0.3, -0.25) is 4.79 Å². The van der Waals surface area contributed by atoms with Gasteiger partial charge in [-0.1, -0.05) is 48.5 Å². The Hall–Kier alpha value is -2.80. The first-order valence-electron chi connectivity index (χ1n) is 7.29. The molecule has 112 valence electrons. The van der Waals surface area contributed by atoms with Crippen molar-refractivity contribution in [2.24, 2.45) is 0 Å². The van der Waals surface area contributed by atoms with Crippen molar-refractivity contribution < 1.29 is 4.79 Å². The van der Waals surface area contributed by atoms with Gasteiger partial charge in [-0.25, -0.2) is 0 Å². The number of nitrogens with one attached hydrogen (secondary N) is 2. The molecule has 2 aromatic carbocycles. The molecule has 0 aliphatic rings. The molecule has 4 nitrogen and oxygen atoms in total. The molecule has 0 atom stereocenters. The van der Waals surface area contributed by atoms with Gasteiger partial charge in [0.2, 0.25) is 5.91 Å². The Kier molecular flexibility index (Phi) is 6.01. The molecular formula is C18H19N3O. The lowest BCUT2D eigenvalue weighted by Gasteiger charge is -2.12. The molecule has 0 unspecified atom stereocenters. The molecule has 0 heterocycles. The van der Waals surface area contributed by atoms with Crippen LogP contribution in [0.2, 0.25) is 0 Å². The Morgan fingerprint density at radius 2 is 1.77 bits per heavy atom. The second-order valence-corrected chi connectivity index (χ2v) is 4.93. The number of hydrogen-bond donors (Lipinski definition) is 2. The minimum Gasteiger partial charge on any atom is -0.376 e. The highest BCUT2D eigenvalue weighted by Crippen LogP contribution is 2.18. The van der Waals surface area contributed by atoms with Gasteiger partial charge in [0.1, 0.15) is 0 Å². The Balaban J connectivity index is 1.94. The molecule has 0 fully saturated rings. The lowest BCUT2D eigenvalue weighted by molar-refractivity contribution is -0.119. The maximum absolute atomic E-state index is 11.7. The zero-order chi connectivity index (χ0) is 15.6. The van der Waals surface area contributed by atoms with Gasteiger partial charge in [-0.05, 0) is 23.6 Å². The van der Waals surface area contributed by atoms with Crippen LogP contribution in [0, 0.1) is 11.3 Å². The molecule has 0 saturated carbocycles. The average Bonchev–Trinajstić information content (AvgIpc) is 2.55. The number of hydrogen-bond acceptors (Lipinski definition) is 3. The molecule has 0 bridgehead atoms. The number of benzene rings is 2. The average molecular weight is 293 g/mol. The van der Waals surface area contributed by atoms with Crippen LogP contribution in [0.1, 0.15) is 17.5 Å². The molecule has 1 amide bonds. The summed E-state index contributed by atoms with van der Waals surface area (Å²) >= 11 is 0. The van der Waals surface area contributed by atoms with Crippen LogP contribution >= 0.6 is 0 Å². The SMILES string of the molecule is N#CCCNC(=O)CNc1ccccc1Cc1ccccc1. The van der Waals surface area contributed by atoms with Crippen molar-refractivity contribution in [1.29, 1.82) is 5.26 Å². The van der Waals surface area contributed by atoms with E-state index in [0.717, 1.165) is 17.7 Å². The van der Waals surface area contributed by atoms with Crippen LogP contribution in [0.15, 0.2) is 54.6 Å². The monoisotopic (exact) mass is 293 g/mol. The number of nitriles is 1. The predicted octanol–water partition coefficient (Wildman–Crippen LogP) is 2.72. The fourth-order valence-corrected chi connectivity index (χ4v) is 2.16. The second-order valence-electron chi connectivity index (χ2n) is 4.93. The predicted molar refractivity (Wildman–Crippen MR) is 87.4 cm³/mol. The summed E-state index contributed by atoms with van der Waals surface area (Å²) in [5, 5.41) is 14.3. The van der Waals surface area contributed by atoms with Gasteiger partial charge >= 0.3 is 0 Å². The summed E-state index contributed by atoms with van der Waals surface area (Å²) in [4.78, 5) is 11.7. The van der Waals surface area contributed by atoms with E-state index in [1.165, 1.54) is 5.56 Å². The maximum Gasteiger partial charge on any atom is 0.239 e. The fourth-order valence-electron chi connectivity index (χ4n) is 2.16. The van der Waals surface area contributed by atoms with Gasteiger partial charge in [0.15, 0.2) is 0 Å². The minimum absolute atomic E-state index is 0.107. The first-order chi connectivity index (χ1) is 10.8. The van der Waals surface area contributed by atoms with Crippen molar-refractivity contribution in [2.45, 2.75) is 12.8 Å². The van der Waals surface area contributed by atoms with Crippen LogP contribution in [0.3, 0.4) is 0 Å². The molecule has 0 aromatic heterocycles. The van der Waals surface area contributed by atoms with Crippen molar-refractivity contribution in [3.05, 3.63) is 65.7 Å². The van der Waals surface area contributed by atoms with Gasteiger partial charge in [0.05, 0.1) is 19.0 Å². The third-order valence-corrected chi connectivity index (χ3v) is 3.25. The smallest absolute Gasteiger partial charge is 0.239 e. The lowest BCUT2D eigenvalue weighted by atomic mass is 10.0. The van der Waals surface area contributed by atoms with Crippen molar-refractivity contribution in [1.82, 2.24) is 5.32 Å². The van der Waals surface area contributed by atoms with Crippen LogP contribution < -0.4 is 10.6 Å². The molecule has 2 rings (SSSR count). The Morgan fingerprint density at radius 1 is 1.05 bits per heavy atom. The van der Waals surface area contributed by atoms with Crippen molar-refractivity contribution in [2.75, 3.05) is 18.4 Å². The second kappa shape index (κ2) is 8.48. The highest BCUT2D eigenvalue weighted by atomic mass is 16.1. The van der Waals surface area contributed by atoms with Crippen LogP contribution in [0.4, 0.5) is 5.69 Å². The fraction of sp³-hybridized carbons (Fsp3) is 0.222. The molecular weight excluding hydrogens is 274 g/mol. The summed E-state index contributed by atoms with van der Waals surface area (Å²) in [7, 11) is 0. The summed E-state index contributed by atoms with van der Waals surface area (Å²) < 4.78 is 0. The molecule has 22 heavy (non-hydrogen) atoms. The first-order valence-corrected chi connectivity index (χ1v) is 7.29. The van der Waals surface area contributed by atoms with E-state index in [9.17, 15) is 4.79 Å². The van der Waals surface area contributed by atoms with E-state index < -0.39 is 0 Å². The van der Waals surface area contributed by atoms with E-state index >= 15 is 0 Å². The van der Waals surface area contributed by atoms with Crippen molar-refractivity contribution >= 4 is 11.6 Å². The number of rotatable bonds is 7. The third-order valence-electron chi connectivity index (χ3n) is 3.25. The Bertz CT molecular complexity index is 647. The van der Waals surface area contributed by atoms with Crippen LogP contribution in [0.25, 0.3) is 0 Å². The zero-order valence-corrected chi connectivity index (χ0v) is 12.4. The summed E-state index contributed by atoms with van der Waals surface area (Å²) in [6.45, 7) is 0.597. The molecule has 0 aliphatic carbocycles. The summed E-state index contributed by atoms with van der Waals surface area (Å²) in [5.41, 5.74) is 3.34. The summed E-state index contributed by atoms with van der Waals surface area (Å²) in [5.74, 6) is -0.107. The summed E-state index contributed by atoms with van der Waals surface area (Å²) in [6.07, 6.45) is 1.15. The number of carbonyl (C=O) groups is 1. The summed E-state index contributed by atoms with van der Waals surface area (Å²) in [6, 6.07) is 20.2. The van der Waals surface area contributed by atoms with Crippen molar-refractivity contribution in [3.8, 4) is 6.07 Å². The number of anilines is 1. The maximum atomic E-state index is 11.7. The highest BCUT2D eigenvalue weighted by Gasteiger charge is 2.05. The Morgan fingerprint density at radius 3 is 2.55 bits per heavy atom.